The van der Waals surface area contributed by atoms with Gasteiger partial charge >= 0.3 is 0 Å². The van der Waals surface area contributed by atoms with Crippen LogP contribution >= 0.6 is 0 Å². The van der Waals surface area contributed by atoms with Crippen molar-refractivity contribution in [2.24, 2.45) is 0 Å². The van der Waals surface area contributed by atoms with Crippen molar-refractivity contribution in [3.8, 4) is 101 Å². The predicted molar refractivity (Wildman–Crippen MR) is 333 cm³/mol. The molecule has 2 nitrogen and oxygen atoms in total. The Bertz CT molecular complexity index is 4180. The maximum Gasteiger partial charge on any atom is 0.151 e. The fourth-order valence-corrected chi connectivity index (χ4v) is 15.1. The second-order valence-electron chi connectivity index (χ2n) is 25.2. The maximum atomic E-state index is 7.56. The van der Waals surface area contributed by atoms with Crippen LogP contribution in [0.3, 0.4) is 0 Å². The lowest BCUT2D eigenvalue weighted by atomic mass is 9.79. The van der Waals surface area contributed by atoms with Crippen LogP contribution < -0.4 is 9.64 Å². The first-order valence-corrected chi connectivity index (χ1v) is 28.6. The molecule has 0 atom stereocenters. The third-order valence-corrected chi connectivity index (χ3v) is 19.5. The van der Waals surface area contributed by atoms with Crippen LogP contribution in [0, 0.1) is 0 Å². The minimum Gasteiger partial charge on any atom is -0.453 e. The summed E-state index contributed by atoms with van der Waals surface area (Å²) in [7, 11) is 0. The maximum absolute atomic E-state index is 7.56. The quantitative estimate of drug-likeness (QED) is 0.170. The van der Waals surface area contributed by atoms with Crippen LogP contribution in [0.25, 0.3) is 89.0 Å². The summed E-state index contributed by atoms with van der Waals surface area (Å²) in [4.78, 5) is 2.59. The van der Waals surface area contributed by atoms with Crippen LogP contribution in [0.2, 0.25) is 0 Å². The van der Waals surface area contributed by atoms with Crippen molar-refractivity contribution >= 4 is 17.1 Å². The van der Waals surface area contributed by atoms with Crippen LogP contribution in [0.1, 0.15) is 99.9 Å². The number of hydrogen-bond donors (Lipinski definition) is 0. The molecule has 1 heterocycles. The Kier molecular flexibility index (Phi) is 9.59. The molecule has 2 heteroatoms. The molecule has 0 unspecified atom stereocenters. The Morgan fingerprint density at radius 2 is 0.525 bits per heavy atom. The van der Waals surface area contributed by atoms with E-state index in [1.165, 1.54) is 111 Å². The van der Waals surface area contributed by atoms with Crippen LogP contribution in [0.5, 0.6) is 11.5 Å². The van der Waals surface area contributed by atoms with E-state index in [4.69, 9.17) is 4.74 Å². The van der Waals surface area contributed by atoms with Gasteiger partial charge in [0.15, 0.2) is 11.5 Å². The zero-order chi connectivity index (χ0) is 54.2. The molecule has 0 bridgehead atoms. The Balaban J connectivity index is 0.965. The number of rotatable bonds is 5. The minimum absolute atomic E-state index is 0.140. The number of benzene rings is 11. The molecule has 0 fully saturated rings. The molecule has 5 aliphatic rings. The predicted octanol–water partition coefficient (Wildman–Crippen LogP) is 21.2. The molecule has 0 saturated carbocycles. The van der Waals surface area contributed by atoms with Crippen molar-refractivity contribution in [2.75, 3.05) is 4.90 Å². The molecule has 0 radical (unpaired) electrons. The number of ether oxygens (including phenoxy) is 1. The van der Waals surface area contributed by atoms with Crippen molar-refractivity contribution in [3.63, 3.8) is 0 Å². The van der Waals surface area contributed by atoms with Crippen molar-refractivity contribution in [1.29, 1.82) is 0 Å². The minimum atomic E-state index is -0.288. The van der Waals surface area contributed by atoms with Crippen LogP contribution in [0.4, 0.5) is 17.1 Å². The summed E-state index contributed by atoms with van der Waals surface area (Å²) in [5, 5.41) is 0. The average molecular weight is 1030 g/mol. The Hall–Kier alpha value is -8.98. The van der Waals surface area contributed by atoms with E-state index in [9.17, 15) is 0 Å². The monoisotopic (exact) mass is 1030 g/mol. The molecule has 0 spiro atoms. The van der Waals surface area contributed by atoms with Gasteiger partial charge in [0, 0.05) is 32.8 Å². The third-order valence-electron chi connectivity index (χ3n) is 19.5. The van der Waals surface area contributed by atoms with Crippen molar-refractivity contribution in [1.82, 2.24) is 0 Å². The summed E-state index contributed by atoms with van der Waals surface area (Å²) in [6.07, 6.45) is 0. The molecular formula is C78H61NO. The topological polar surface area (TPSA) is 12.5 Å². The molecule has 384 valence electrons. The lowest BCUT2D eigenvalue weighted by molar-refractivity contribution is 0.473. The molecule has 11 aromatic rings. The summed E-state index contributed by atoms with van der Waals surface area (Å²) in [5.74, 6) is 1.72. The van der Waals surface area contributed by atoms with Crippen LogP contribution in [-0.4, -0.2) is 0 Å². The molecule has 1 aliphatic heterocycles. The zero-order valence-electron chi connectivity index (χ0n) is 46.7. The highest BCUT2D eigenvalue weighted by atomic mass is 16.5. The van der Waals surface area contributed by atoms with E-state index in [1.807, 2.05) is 0 Å². The van der Waals surface area contributed by atoms with Crippen LogP contribution in [0.15, 0.2) is 224 Å². The van der Waals surface area contributed by atoms with E-state index in [2.05, 4.69) is 285 Å². The Labute approximate surface area is 470 Å². The van der Waals surface area contributed by atoms with Gasteiger partial charge in [-0.25, -0.2) is 0 Å². The highest BCUT2D eigenvalue weighted by molar-refractivity contribution is 6.04. The highest BCUT2D eigenvalue weighted by Crippen LogP contribution is 2.64. The molecule has 11 aromatic carbocycles. The molecule has 16 rings (SSSR count). The number of para-hydroxylation sites is 1. The normalized spacial score (nSPS) is 16.0. The fraction of sp³-hybridized carbons (Fsp3) is 0.154. The SMILES string of the molecule is CC1(C)c2ccccc2-c2cc3c(cc21)-c1cc2c(cc1C3(C)C)Oc1cc3c(cc1N2c1c(-c2ccc(-c4ccccc4)cc2)cccc1-c1ccc(-c2ccccc2)cc1)-c1cc2c(cc1C3(C)C)-c1ccccc1C2(C)C. The van der Waals surface area contributed by atoms with Gasteiger partial charge in [0.1, 0.15) is 0 Å². The van der Waals surface area contributed by atoms with Gasteiger partial charge in [-0.3, -0.25) is 0 Å². The van der Waals surface area contributed by atoms with E-state index in [1.54, 1.807) is 0 Å². The molecular weight excluding hydrogens is 967 g/mol. The zero-order valence-corrected chi connectivity index (χ0v) is 46.7. The number of hydrogen-bond acceptors (Lipinski definition) is 2. The molecule has 0 amide bonds. The second kappa shape index (κ2) is 16.3. The van der Waals surface area contributed by atoms with Gasteiger partial charge in [-0.1, -0.05) is 231 Å². The van der Waals surface area contributed by atoms with Crippen LogP contribution in [-0.2, 0) is 21.7 Å². The number of anilines is 3. The molecule has 0 N–H and O–H groups in total. The summed E-state index contributed by atoms with van der Waals surface area (Å²) < 4.78 is 7.56. The summed E-state index contributed by atoms with van der Waals surface area (Å²) in [6, 6.07) is 84.7. The summed E-state index contributed by atoms with van der Waals surface area (Å²) in [6.45, 7) is 19.2. The average Bonchev–Trinajstić information content (AvgIpc) is 2.99. The summed E-state index contributed by atoms with van der Waals surface area (Å²) >= 11 is 0. The lowest BCUT2D eigenvalue weighted by Gasteiger charge is -2.37. The summed E-state index contributed by atoms with van der Waals surface area (Å²) in [5.41, 5.74) is 33.1. The smallest absolute Gasteiger partial charge is 0.151 e. The third kappa shape index (κ3) is 6.42. The standard InChI is InChI=1S/C78H61NO/c1-75(2)62-28-17-15-24-54(62)56-38-66-58(40-64(56)75)60-42-70-72(44-68(60)77(66,5)6)80-73-45-69-61(59-41-65-57(39-67(59)78(69,7)8)55-25-16-18-29-63(55)76(65,3)4)43-71(73)79(70)74-52(50-34-30-48(31-35-50)46-20-11-9-12-21-46)26-19-27-53(74)51-36-32-49(33-37-51)47-22-13-10-14-23-47/h9-45H,1-8H3. The Morgan fingerprint density at radius 3 is 0.925 bits per heavy atom. The van der Waals surface area contributed by atoms with Gasteiger partial charge in [0.25, 0.3) is 0 Å². The van der Waals surface area contributed by atoms with E-state index in [-0.39, 0.29) is 21.7 Å². The highest BCUT2D eigenvalue weighted by Gasteiger charge is 2.46. The lowest BCUT2D eigenvalue weighted by Crippen LogP contribution is -2.21. The number of nitrogens with zero attached hydrogens (tertiary/aromatic N) is 1. The first-order chi connectivity index (χ1) is 38.7. The van der Waals surface area contributed by atoms with Gasteiger partial charge < -0.3 is 9.64 Å². The van der Waals surface area contributed by atoms with Gasteiger partial charge in [-0.15, -0.1) is 0 Å². The van der Waals surface area contributed by atoms with E-state index in [0.29, 0.717) is 0 Å². The molecule has 0 saturated heterocycles. The molecule has 0 aromatic heterocycles. The second-order valence-corrected chi connectivity index (χ2v) is 25.2. The van der Waals surface area contributed by atoms with Crippen molar-refractivity contribution in [2.45, 2.75) is 77.0 Å². The van der Waals surface area contributed by atoms with Crippen molar-refractivity contribution in [3.05, 3.63) is 269 Å². The van der Waals surface area contributed by atoms with Gasteiger partial charge in [-0.2, -0.15) is 0 Å². The van der Waals surface area contributed by atoms with E-state index >= 15 is 0 Å². The van der Waals surface area contributed by atoms with Gasteiger partial charge in [0.05, 0.1) is 17.1 Å². The molecule has 80 heavy (non-hydrogen) atoms. The Morgan fingerprint density at radius 1 is 0.237 bits per heavy atom. The molecule has 4 aliphatic carbocycles. The van der Waals surface area contributed by atoms with E-state index < -0.39 is 0 Å². The van der Waals surface area contributed by atoms with Crippen molar-refractivity contribution < 1.29 is 4.74 Å². The first-order valence-electron chi connectivity index (χ1n) is 28.6. The van der Waals surface area contributed by atoms with E-state index in [0.717, 1.165) is 50.8 Å². The number of fused-ring (bicyclic) bond motifs is 14. The fourth-order valence-electron chi connectivity index (χ4n) is 15.1. The van der Waals surface area contributed by atoms with Gasteiger partial charge in [0.2, 0.25) is 0 Å². The van der Waals surface area contributed by atoms with Gasteiger partial charge in [-0.05, 0) is 171 Å². The first kappa shape index (κ1) is 47.1. The largest absolute Gasteiger partial charge is 0.453 e.